The fraction of sp³-hybridized carbons (Fsp3) is 0.500. The van der Waals surface area contributed by atoms with Gasteiger partial charge >= 0.3 is 6.18 Å². The normalized spacial score (nSPS) is 16.3. The average Bonchev–Trinajstić information content (AvgIpc) is 2.54. The number of carbonyl (C=O) groups is 2. The summed E-state index contributed by atoms with van der Waals surface area (Å²) >= 11 is 0. The number of piperidine rings is 1. The number of rotatable bonds is 3. The van der Waals surface area contributed by atoms with E-state index in [2.05, 4.69) is 5.32 Å². The number of amides is 2. The van der Waals surface area contributed by atoms with E-state index < -0.39 is 17.6 Å². The Morgan fingerprint density at radius 1 is 1.22 bits per heavy atom. The van der Waals surface area contributed by atoms with Crippen LogP contribution in [0, 0.1) is 0 Å². The topological polar surface area (TPSA) is 49.4 Å². The van der Waals surface area contributed by atoms with E-state index in [0.29, 0.717) is 32.4 Å². The lowest BCUT2D eigenvalue weighted by Gasteiger charge is -2.33. The third kappa shape index (κ3) is 4.24. The summed E-state index contributed by atoms with van der Waals surface area (Å²) in [5.74, 6) is -0.671. The standard InChI is InChI=1S/C16H19F3N2O2/c1-2-14(22)20-11-7-9-21(10-8-11)15(23)12-5-3-4-6-13(12)16(17,18)19/h3-6,11H,2,7-10H2,1H3,(H,20,22). The highest BCUT2D eigenvalue weighted by Gasteiger charge is 2.36. The third-order valence-corrected chi connectivity index (χ3v) is 3.93. The van der Waals surface area contributed by atoms with Gasteiger partial charge in [0.25, 0.3) is 5.91 Å². The molecule has 2 rings (SSSR count). The summed E-state index contributed by atoms with van der Waals surface area (Å²) in [5.41, 5.74) is -1.23. The molecular formula is C16H19F3N2O2. The van der Waals surface area contributed by atoms with Gasteiger partial charge in [-0.3, -0.25) is 9.59 Å². The van der Waals surface area contributed by atoms with Crippen LogP contribution in [0.2, 0.25) is 0 Å². The molecule has 0 aromatic heterocycles. The first kappa shape index (κ1) is 17.3. The highest BCUT2D eigenvalue weighted by molar-refractivity contribution is 5.96. The first-order valence-electron chi connectivity index (χ1n) is 7.57. The molecule has 0 bridgehead atoms. The van der Waals surface area contributed by atoms with Gasteiger partial charge < -0.3 is 10.2 Å². The average molecular weight is 328 g/mol. The van der Waals surface area contributed by atoms with E-state index in [1.165, 1.54) is 23.1 Å². The van der Waals surface area contributed by atoms with Gasteiger partial charge in [0.2, 0.25) is 5.91 Å². The van der Waals surface area contributed by atoms with E-state index in [9.17, 15) is 22.8 Å². The Morgan fingerprint density at radius 3 is 2.39 bits per heavy atom. The first-order valence-corrected chi connectivity index (χ1v) is 7.57. The van der Waals surface area contributed by atoms with E-state index in [4.69, 9.17) is 0 Å². The van der Waals surface area contributed by atoms with E-state index in [0.717, 1.165) is 6.07 Å². The van der Waals surface area contributed by atoms with Crippen molar-refractivity contribution in [3.8, 4) is 0 Å². The van der Waals surface area contributed by atoms with Crippen molar-refractivity contribution in [3.05, 3.63) is 35.4 Å². The van der Waals surface area contributed by atoms with Crippen LogP contribution in [0.1, 0.15) is 42.1 Å². The van der Waals surface area contributed by atoms with Crippen molar-refractivity contribution in [2.45, 2.75) is 38.4 Å². The Kier molecular flexibility index (Phi) is 5.28. The molecule has 1 fully saturated rings. The molecule has 0 radical (unpaired) electrons. The molecule has 2 amide bonds. The number of nitrogens with zero attached hydrogens (tertiary/aromatic N) is 1. The van der Waals surface area contributed by atoms with Crippen molar-refractivity contribution in [3.63, 3.8) is 0 Å². The minimum Gasteiger partial charge on any atom is -0.353 e. The summed E-state index contributed by atoms with van der Waals surface area (Å²) in [4.78, 5) is 25.2. The number of hydrogen-bond donors (Lipinski definition) is 1. The lowest BCUT2D eigenvalue weighted by atomic mass is 10.0. The lowest BCUT2D eigenvalue weighted by molar-refractivity contribution is -0.138. The van der Waals surface area contributed by atoms with Gasteiger partial charge in [0.05, 0.1) is 11.1 Å². The third-order valence-electron chi connectivity index (χ3n) is 3.93. The SMILES string of the molecule is CCC(=O)NC1CCN(C(=O)c2ccccc2C(F)(F)F)CC1. The molecular weight excluding hydrogens is 309 g/mol. The largest absolute Gasteiger partial charge is 0.417 e. The van der Waals surface area contributed by atoms with Gasteiger partial charge in [-0.05, 0) is 25.0 Å². The number of carbonyl (C=O) groups excluding carboxylic acids is 2. The zero-order chi connectivity index (χ0) is 17.0. The predicted molar refractivity (Wildman–Crippen MR) is 78.8 cm³/mol. The van der Waals surface area contributed by atoms with E-state index in [1.54, 1.807) is 6.92 Å². The molecule has 0 unspecified atom stereocenters. The molecule has 0 atom stereocenters. The van der Waals surface area contributed by atoms with Crippen molar-refractivity contribution in [2.24, 2.45) is 0 Å². The Bertz CT molecular complexity index is 579. The molecule has 4 nitrogen and oxygen atoms in total. The second-order valence-corrected chi connectivity index (χ2v) is 5.53. The summed E-state index contributed by atoms with van der Waals surface area (Å²) in [6, 6.07) is 4.80. The number of benzene rings is 1. The maximum Gasteiger partial charge on any atom is 0.417 e. The van der Waals surface area contributed by atoms with Crippen LogP contribution in [0.3, 0.4) is 0 Å². The van der Waals surface area contributed by atoms with Crippen LogP contribution >= 0.6 is 0 Å². The highest BCUT2D eigenvalue weighted by atomic mass is 19.4. The molecule has 1 aliphatic rings. The molecule has 1 saturated heterocycles. The Hall–Kier alpha value is -2.05. The van der Waals surface area contributed by atoms with Crippen LogP contribution in [0.5, 0.6) is 0 Å². The number of halogens is 3. The predicted octanol–water partition coefficient (Wildman–Crippen LogP) is 2.84. The summed E-state index contributed by atoms with van der Waals surface area (Å²) < 4.78 is 39.0. The summed E-state index contributed by atoms with van der Waals surface area (Å²) in [7, 11) is 0. The highest BCUT2D eigenvalue weighted by Crippen LogP contribution is 2.32. The summed E-state index contributed by atoms with van der Waals surface area (Å²) in [5, 5.41) is 2.85. The molecule has 7 heteroatoms. The molecule has 1 aromatic carbocycles. The van der Waals surface area contributed by atoms with E-state index in [1.807, 2.05) is 0 Å². The van der Waals surface area contributed by atoms with Gasteiger partial charge in [0, 0.05) is 25.6 Å². The molecule has 0 aliphatic carbocycles. The Labute approximate surface area is 132 Å². The maximum atomic E-state index is 13.0. The lowest BCUT2D eigenvalue weighted by Crippen LogP contribution is -2.46. The number of alkyl halides is 3. The van der Waals surface area contributed by atoms with Crippen LogP contribution in [-0.2, 0) is 11.0 Å². The first-order chi connectivity index (χ1) is 10.8. The van der Waals surface area contributed by atoms with Crippen LogP contribution in [-0.4, -0.2) is 35.8 Å². The van der Waals surface area contributed by atoms with Crippen LogP contribution in [0.25, 0.3) is 0 Å². The van der Waals surface area contributed by atoms with Crippen molar-refractivity contribution >= 4 is 11.8 Å². The number of hydrogen-bond acceptors (Lipinski definition) is 2. The smallest absolute Gasteiger partial charge is 0.353 e. The molecule has 126 valence electrons. The van der Waals surface area contributed by atoms with Gasteiger partial charge in [-0.15, -0.1) is 0 Å². The van der Waals surface area contributed by atoms with Crippen molar-refractivity contribution in [1.29, 1.82) is 0 Å². The van der Waals surface area contributed by atoms with Gasteiger partial charge in [-0.1, -0.05) is 19.1 Å². The van der Waals surface area contributed by atoms with Crippen LogP contribution in [0.4, 0.5) is 13.2 Å². The Morgan fingerprint density at radius 2 is 1.83 bits per heavy atom. The molecule has 1 heterocycles. The minimum atomic E-state index is -4.56. The van der Waals surface area contributed by atoms with Gasteiger partial charge in [0.15, 0.2) is 0 Å². The molecule has 1 aromatic rings. The zero-order valence-corrected chi connectivity index (χ0v) is 12.8. The molecule has 0 saturated carbocycles. The van der Waals surface area contributed by atoms with Crippen LogP contribution in [0.15, 0.2) is 24.3 Å². The van der Waals surface area contributed by atoms with Gasteiger partial charge in [-0.2, -0.15) is 13.2 Å². The maximum absolute atomic E-state index is 13.0. The van der Waals surface area contributed by atoms with Crippen molar-refractivity contribution in [2.75, 3.05) is 13.1 Å². The molecule has 0 spiro atoms. The zero-order valence-electron chi connectivity index (χ0n) is 12.8. The number of nitrogens with one attached hydrogen (secondary N) is 1. The van der Waals surface area contributed by atoms with Crippen LogP contribution < -0.4 is 5.32 Å². The monoisotopic (exact) mass is 328 g/mol. The molecule has 23 heavy (non-hydrogen) atoms. The van der Waals surface area contributed by atoms with Gasteiger partial charge in [-0.25, -0.2) is 0 Å². The second-order valence-electron chi connectivity index (χ2n) is 5.53. The Balaban J connectivity index is 2.05. The van der Waals surface area contributed by atoms with Crippen molar-refractivity contribution in [1.82, 2.24) is 10.2 Å². The van der Waals surface area contributed by atoms with E-state index in [-0.39, 0.29) is 17.5 Å². The molecule has 1 aliphatic heterocycles. The minimum absolute atomic E-state index is 0.0237. The summed E-state index contributed by atoms with van der Waals surface area (Å²) in [6.07, 6.45) is -3.07. The second kappa shape index (κ2) is 7.02. The van der Waals surface area contributed by atoms with Crippen molar-refractivity contribution < 1.29 is 22.8 Å². The molecule has 1 N–H and O–H groups in total. The van der Waals surface area contributed by atoms with E-state index >= 15 is 0 Å². The number of likely N-dealkylation sites (tertiary alicyclic amines) is 1. The quantitative estimate of drug-likeness (QED) is 0.927. The fourth-order valence-electron chi connectivity index (χ4n) is 2.64. The fourth-order valence-corrected chi connectivity index (χ4v) is 2.64. The summed E-state index contributed by atoms with van der Waals surface area (Å²) in [6.45, 7) is 2.42. The van der Waals surface area contributed by atoms with Gasteiger partial charge in [0.1, 0.15) is 0 Å².